The van der Waals surface area contributed by atoms with Crippen LogP contribution in [0.4, 0.5) is 4.39 Å². The first-order valence-corrected chi connectivity index (χ1v) is 8.36. The number of benzene rings is 1. The van der Waals surface area contributed by atoms with Gasteiger partial charge in [-0.15, -0.1) is 11.3 Å². The Bertz CT molecular complexity index is 567. The van der Waals surface area contributed by atoms with Crippen molar-refractivity contribution in [1.82, 2.24) is 10.2 Å². The molecule has 1 aromatic heterocycles. The van der Waals surface area contributed by atoms with Crippen LogP contribution in [0.1, 0.15) is 16.5 Å². The predicted octanol–water partition coefficient (Wildman–Crippen LogP) is 3.64. The van der Waals surface area contributed by atoms with E-state index in [1.807, 2.05) is 12.1 Å². The summed E-state index contributed by atoms with van der Waals surface area (Å²) in [6, 6.07) is 9.80. The van der Waals surface area contributed by atoms with E-state index in [-0.39, 0.29) is 11.9 Å². The van der Waals surface area contributed by atoms with Crippen LogP contribution in [-0.4, -0.2) is 31.1 Å². The second kappa shape index (κ2) is 6.35. The summed E-state index contributed by atoms with van der Waals surface area (Å²) in [5.41, 5.74) is 1.14. The average Bonchev–Trinajstić information content (AvgIpc) is 2.98. The van der Waals surface area contributed by atoms with Gasteiger partial charge in [0.15, 0.2) is 0 Å². The van der Waals surface area contributed by atoms with Crippen molar-refractivity contribution in [3.05, 3.63) is 56.4 Å². The standard InChI is InChI=1S/C15H16BrFN2S/c16-12-10-11(3-4-13(12)17)15(14-2-1-9-20-14)19-7-5-18-6-8-19/h1-4,9-10,15,18H,5-8H2/t15-/m1/s1. The van der Waals surface area contributed by atoms with Gasteiger partial charge in [0, 0.05) is 31.1 Å². The lowest BCUT2D eigenvalue weighted by atomic mass is 10.0. The smallest absolute Gasteiger partial charge is 0.137 e. The Hall–Kier alpha value is -0.750. The van der Waals surface area contributed by atoms with Crippen LogP contribution in [0.2, 0.25) is 0 Å². The molecule has 2 nitrogen and oxygen atoms in total. The summed E-state index contributed by atoms with van der Waals surface area (Å²) in [6.07, 6.45) is 0. The molecule has 3 rings (SSSR count). The molecular weight excluding hydrogens is 339 g/mol. The monoisotopic (exact) mass is 354 g/mol. The zero-order chi connectivity index (χ0) is 13.9. The van der Waals surface area contributed by atoms with E-state index in [4.69, 9.17) is 0 Å². The van der Waals surface area contributed by atoms with E-state index in [2.05, 4.69) is 43.7 Å². The van der Waals surface area contributed by atoms with E-state index in [9.17, 15) is 4.39 Å². The molecule has 106 valence electrons. The van der Waals surface area contributed by atoms with E-state index in [0.29, 0.717) is 4.47 Å². The van der Waals surface area contributed by atoms with Crippen molar-refractivity contribution in [3.63, 3.8) is 0 Å². The van der Waals surface area contributed by atoms with Crippen molar-refractivity contribution in [1.29, 1.82) is 0 Å². The third-order valence-corrected chi connectivity index (χ3v) is 5.12. The lowest BCUT2D eigenvalue weighted by molar-refractivity contribution is 0.200. The van der Waals surface area contributed by atoms with Gasteiger partial charge in [-0.2, -0.15) is 0 Å². The van der Waals surface area contributed by atoms with Crippen molar-refractivity contribution in [2.24, 2.45) is 0 Å². The lowest BCUT2D eigenvalue weighted by Gasteiger charge is -2.34. The van der Waals surface area contributed by atoms with Gasteiger partial charge >= 0.3 is 0 Å². The molecule has 0 spiro atoms. The van der Waals surface area contributed by atoms with Gasteiger partial charge in [0.2, 0.25) is 0 Å². The SMILES string of the molecule is Fc1ccc([C@H](c2cccs2)N2CCNCC2)cc1Br. The molecule has 1 saturated heterocycles. The Morgan fingerprint density at radius 2 is 2.05 bits per heavy atom. The molecule has 1 aliphatic rings. The van der Waals surface area contributed by atoms with Gasteiger partial charge in [0.05, 0.1) is 10.5 Å². The minimum absolute atomic E-state index is 0.209. The Balaban J connectivity index is 1.98. The van der Waals surface area contributed by atoms with Gasteiger partial charge in [-0.25, -0.2) is 4.39 Å². The third kappa shape index (κ3) is 2.96. The van der Waals surface area contributed by atoms with Crippen LogP contribution in [-0.2, 0) is 0 Å². The van der Waals surface area contributed by atoms with E-state index in [0.717, 1.165) is 31.7 Å². The van der Waals surface area contributed by atoms with E-state index in [1.165, 1.54) is 4.88 Å². The fraction of sp³-hybridized carbons (Fsp3) is 0.333. The van der Waals surface area contributed by atoms with Crippen LogP contribution in [0.15, 0.2) is 40.2 Å². The minimum atomic E-state index is -0.209. The number of halogens is 2. The number of nitrogens with one attached hydrogen (secondary N) is 1. The first-order chi connectivity index (χ1) is 9.75. The van der Waals surface area contributed by atoms with Crippen LogP contribution in [0.5, 0.6) is 0 Å². The molecule has 1 fully saturated rings. The molecule has 2 heterocycles. The Kier molecular flexibility index (Phi) is 4.51. The highest BCUT2D eigenvalue weighted by atomic mass is 79.9. The first-order valence-electron chi connectivity index (χ1n) is 6.69. The number of hydrogen-bond acceptors (Lipinski definition) is 3. The van der Waals surface area contributed by atoms with Crippen molar-refractivity contribution in [2.45, 2.75) is 6.04 Å². The molecular formula is C15H16BrFN2S. The second-order valence-electron chi connectivity index (χ2n) is 4.88. The van der Waals surface area contributed by atoms with Crippen molar-refractivity contribution >= 4 is 27.3 Å². The molecule has 0 unspecified atom stereocenters. The molecule has 20 heavy (non-hydrogen) atoms. The fourth-order valence-corrected chi connectivity index (χ4v) is 3.91. The van der Waals surface area contributed by atoms with Gasteiger partial charge in [0.1, 0.15) is 5.82 Å². The van der Waals surface area contributed by atoms with Crippen LogP contribution in [0.3, 0.4) is 0 Å². The quantitative estimate of drug-likeness (QED) is 0.904. The number of rotatable bonds is 3. The summed E-state index contributed by atoms with van der Waals surface area (Å²) in [6.45, 7) is 4.03. The predicted molar refractivity (Wildman–Crippen MR) is 84.7 cm³/mol. The highest BCUT2D eigenvalue weighted by Gasteiger charge is 2.25. The van der Waals surface area contributed by atoms with Crippen molar-refractivity contribution < 1.29 is 4.39 Å². The summed E-state index contributed by atoms with van der Waals surface area (Å²) in [7, 11) is 0. The normalized spacial score (nSPS) is 18.1. The van der Waals surface area contributed by atoms with E-state index in [1.54, 1.807) is 17.4 Å². The number of nitrogens with zero attached hydrogens (tertiary/aromatic N) is 1. The molecule has 1 N–H and O–H groups in total. The molecule has 0 radical (unpaired) electrons. The van der Waals surface area contributed by atoms with Gasteiger partial charge in [-0.05, 0) is 45.1 Å². The second-order valence-corrected chi connectivity index (χ2v) is 6.71. The van der Waals surface area contributed by atoms with E-state index < -0.39 is 0 Å². The Labute approximate surface area is 130 Å². The van der Waals surface area contributed by atoms with Gasteiger partial charge < -0.3 is 5.32 Å². The molecule has 1 aromatic carbocycles. The molecule has 0 saturated carbocycles. The Morgan fingerprint density at radius 1 is 1.25 bits per heavy atom. The maximum Gasteiger partial charge on any atom is 0.137 e. The highest BCUT2D eigenvalue weighted by molar-refractivity contribution is 9.10. The molecule has 0 aliphatic carbocycles. The minimum Gasteiger partial charge on any atom is -0.314 e. The zero-order valence-electron chi connectivity index (χ0n) is 11.0. The summed E-state index contributed by atoms with van der Waals surface area (Å²) in [4.78, 5) is 3.77. The average molecular weight is 355 g/mol. The molecule has 5 heteroatoms. The molecule has 1 aliphatic heterocycles. The van der Waals surface area contributed by atoms with E-state index >= 15 is 0 Å². The van der Waals surface area contributed by atoms with Crippen LogP contribution < -0.4 is 5.32 Å². The molecule has 2 aromatic rings. The van der Waals surface area contributed by atoms with Crippen LogP contribution >= 0.6 is 27.3 Å². The van der Waals surface area contributed by atoms with Gasteiger partial charge in [0.25, 0.3) is 0 Å². The summed E-state index contributed by atoms with van der Waals surface area (Å²) < 4.78 is 14.0. The maximum atomic E-state index is 13.5. The number of hydrogen-bond donors (Lipinski definition) is 1. The Morgan fingerprint density at radius 3 is 2.70 bits per heavy atom. The van der Waals surface area contributed by atoms with Gasteiger partial charge in [-0.3, -0.25) is 4.90 Å². The highest BCUT2D eigenvalue weighted by Crippen LogP contribution is 2.33. The lowest BCUT2D eigenvalue weighted by Crippen LogP contribution is -2.45. The number of piperazine rings is 1. The molecule has 0 bridgehead atoms. The summed E-state index contributed by atoms with van der Waals surface area (Å²) in [5.74, 6) is -0.209. The topological polar surface area (TPSA) is 15.3 Å². The zero-order valence-corrected chi connectivity index (χ0v) is 13.4. The third-order valence-electron chi connectivity index (χ3n) is 3.59. The largest absolute Gasteiger partial charge is 0.314 e. The maximum absolute atomic E-state index is 13.5. The fourth-order valence-electron chi connectivity index (χ4n) is 2.62. The van der Waals surface area contributed by atoms with Crippen molar-refractivity contribution in [2.75, 3.05) is 26.2 Å². The summed E-state index contributed by atoms with van der Waals surface area (Å²) in [5, 5.41) is 5.48. The molecule has 0 amide bonds. The van der Waals surface area contributed by atoms with Crippen LogP contribution in [0, 0.1) is 5.82 Å². The van der Waals surface area contributed by atoms with Crippen molar-refractivity contribution in [3.8, 4) is 0 Å². The van der Waals surface area contributed by atoms with Crippen LogP contribution in [0.25, 0.3) is 0 Å². The van der Waals surface area contributed by atoms with Gasteiger partial charge in [-0.1, -0.05) is 12.1 Å². The summed E-state index contributed by atoms with van der Waals surface area (Å²) >= 11 is 5.06. The molecule has 1 atom stereocenters. The number of thiophene rings is 1. The first kappa shape index (κ1) is 14.2.